The van der Waals surface area contributed by atoms with Crippen LogP contribution in [0.25, 0.3) is 0 Å². The number of ether oxygens (including phenoxy) is 3. The summed E-state index contributed by atoms with van der Waals surface area (Å²) >= 11 is 0. The van der Waals surface area contributed by atoms with E-state index in [1.165, 1.54) is 13.8 Å². The Kier molecular flexibility index (Phi) is 5.57. The summed E-state index contributed by atoms with van der Waals surface area (Å²) in [6.07, 6.45) is -7.33. The Morgan fingerprint density at radius 1 is 0.926 bits per heavy atom. The van der Waals surface area contributed by atoms with E-state index in [1.54, 1.807) is 0 Å². The summed E-state index contributed by atoms with van der Waals surface area (Å²) in [4.78, 5) is 0. The van der Waals surface area contributed by atoms with E-state index in [9.17, 15) is 43.2 Å². The molecule has 17 heteroatoms. The molecule has 0 aromatic heterocycles. The van der Waals surface area contributed by atoms with Crippen molar-refractivity contribution >= 4 is 20.2 Å². The summed E-state index contributed by atoms with van der Waals surface area (Å²) in [5.74, 6) is -1.44. The van der Waals surface area contributed by atoms with E-state index < -0.39 is 68.2 Å². The third-order valence-electron chi connectivity index (χ3n) is 3.28. The maximum atomic E-state index is 12.5. The fourth-order valence-electron chi connectivity index (χ4n) is 2.22. The molecule has 0 saturated carbocycles. The van der Waals surface area contributed by atoms with Crippen molar-refractivity contribution in [2.24, 2.45) is 0 Å². The minimum absolute atomic E-state index is 1.30. The predicted octanol–water partition coefficient (Wildman–Crippen LogP) is 0.964. The highest BCUT2D eigenvalue weighted by Crippen LogP contribution is 2.41. The van der Waals surface area contributed by atoms with Gasteiger partial charge in [-0.3, -0.25) is 8.37 Å². The van der Waals surface area contributed by atoms with Crippen molar-refractivity contribution in [1.29, 1.82) is 0 Å². The van der Waals surface area contributed by atoms with Crippen LogP contribution in [0.5, 0.6) is 0 Å². The molecular formula is C10H12F6O9S2. The highest BCUT2D eigenvalue weighted by Gasteiger charge is 2.60. The van der Waals surface area contributed by atoms with Gasteiger partial charge in [-0.05, 0) is 13.8 Å². The fourth-order valence-corrected chi connectivity index (χ4v) is 3.30. The average Bonchev–Trinajstić information content (AvgIpc) is 2.87. The first-order valence-electron chi connectivity index (χ1n) is 6.83. The minimum Gasteiger partial charge on any atom is -0.341 e. The molecular weight excluding hydrogens is 442 g/mol. The summed E-state index contributed by atoms with van der Waals surface area (Å²) in [6.45, 7) is 1.09. The van der Waals surface area contributed by atoms with Gasteiger partial charge >= 0.3 is 31.3 Å². The van der Waals surface area contributed by atoms with Gasteiger partial charge < -0.3 is 14.2 Å². The first kappa shape index (κ1) is 22.6. The van der Waals surface area contributed by atoms with Crippen LogP contribution in [0.15, 0.2) is 0 Å². The van der Waals surface area contributed by atoms with Crippen LogP contribution in [-0.4, -0.2) is 64.8 Å². The van der Waals surface area contributed by atoms with Crippen LogP contribution >= 0.6 is 0 Å². The zero-order chi connectivity index (χ0) is 21.1. The Hall–Kier alpha value is -0.720. The summed E-state index contributed by atoms with van der Waals surface area (Å²) in [6, 6.07) is 0. The van der Waals surface area contributed by atoms with Crippen molar-refractivity contribution in [2.45, 2.75) is 55.3 Å². The second-order valence-corrected chi connectivity index (χ2v) is 8.96. The lowest BCUT2D eigenvalue weighted by atomic mass is 10.1. The SMILES string of the molecule is CC1(C)O[C@@H]2O[C@H](COS(=O)(=O)C(F)(F)F)[C@@H](OS(=O)(=O)C(F)(F)F)[C@@H]2O1. The maximum Gasteiger partial charge on any atom is 0.523 e. The second-order valence-electron chi connectivity index (χ2n) is 5.79. The van der Waals surface area contributed by atoms with Gasteiger partial charge in [0.1, 0.15) is 18.3 Å². The molecule has 9 nitrogen and oxygen atoms in total. The summed E-state index contributed by atoms with van der Waals surface area (Å²) in [5, 5.41) is 0. The van der Waals surface area contributed by atoms with Crippen molar-refractivity contribution in [3.8, 4) is 0 Å². The van der Waals surface area contributed by atoms with E-state index in [4.69, 9.17) is 14.2 Å². The molecule has 0 N–H and O–H groups in total. The molecule has 2 fully saturated rings. The topological polar surface area (TPSA) is 114 Å². The van der Waals surface area contributed by atoms with Crippen molar-refractivity contribution in [3.63, 3.8) is 0 Å². The fraction of sp³-hybridized carbons (Fsp3) is 1.00. The smallest absolute Gasteiger partial charge is 0.341 e. The number of alkyl halides is 6. The lowest BCUT2D eigenvalue weighted by Crippen LogP contribution is -2.43. The van der Waals surface area contributed by atoms with Crippen LogP contribution in [0.4, 0.5) is 26.3 Å². The van der Waals surface area contributed by atoms with E-state index in [1.807, 2.05) is 0 Å². The van der Waals surface area contributed by atoms with Crippen molar-refractivity contribution in [1.82, 2.24) is 0 Å². The molecule has 2 saturated heterocycles. The summed E-state index contributed by atoms with van der Waals surface area (Å²) in [7, 11) is -12.3. The van der Waals surface area contributed by atoms with Crippen LogP contribution in [0.2, 0.25) is 0 Å². The van der Waals surface area contributed by atoms with Gasteiger partial charge in [-0.2, -0.15) is 43.2 Å². The largest absolute Gasteiger partial charge is 0.523 e. The van der Waals surface area contributed by atoms with Crippen LogP contribution in [-0.2, 0) is 42.8 Å². The normalized spacial score (nSPS) is 31.9. The van der Waals surface area contributed by atoms with E-state index >= 15 is 0 Å². The van der Waals surface area contributed by atoms with Gasteiger partial charge in [0.05, 0.1) is 6.61 Å². The molecule has 2 rings (SSSR count). The molecule has 2 aliphatic heterocycles. The molecule has 0 unspecified atom stereocenters. The van der Waals surface area contributed by atoms with E-state index in [0.717, 1.165) is 0 Å². The van der Waals surface area contributed by atoms with Crippen LogP contribution in [0, 0.1) is 0 Å². The van der Waals surface area contributed by atoms with Crippen LogP contribution in [0.3, 0.4) is 0 Å². The Morgan fingerprint density at radius 3 is 1.93 bits per heavy atom. The van der Waals surface area contributed by atoms with E-state index in [0.29, 0.717) is 0 Å². The Labute approximate surface area is 148 Å². The predicted molar refractivity (Wildman–Crippen MR) is 69.5 cm³/mol. The van der Waals surface area contributed by atoms with E-state index in [-0.39, 0.29) is 0 Å². The summed E-state index contributed by atoms with van der Waals surface area (Å²) < 4.78 is 142. The van der Waals surface area contributed by atoms with Crippen LogP contribution < -0.4 is 0 Å². The van der Waals surface area contributed by atoms with Gasteiger partial charge in [0.2, 0.25) is 0 Å². The standard InChI is InChI=1S/C10H12F6O9S2/c1-8(2)23-6-5(25-27(19,20)10(14,15)16)4(22-7(6)24-8)3-21-26(17,18)9(11,12)13/h4-7H,3H2,1-2H3/t4-,5-,6+,7+/m1/s1. The number of halogens is 6. The van der Waals surface area contributed by atoms with Crippen molar-refractivity contribution < 1.29 is 65.8 Å². The molecule has 2 heterocycles. The van der Waals surface area contributed by atoms with Gasteiger partial charge in [-0.15, -0.1) is 0 Å². The summed E-state index contributed by atoms with van der Waals surface area (Å²) in [5.41, 5.74) is -11.7. The number of rotatable bonds is 5. The molecule has 0 aromatic rings. The number of hydrogen-bond donors (Lipinski definition) is 0. The molecule has 27 heavy (non-hydrogen) atoms. The molecule has 160 valence electrons. The Balaban J connectivity index is 2.23. The monoisotopic (exact) mass is 454 g/mol. The quantitative estimate of drug-likeness (QED) is 0.340. The van der Waals surface area contributed by atoms with Crippen LogP contribution in [0.1, 0.15) is 13.8 Å². The maximum absolute atomic E-state index is 12.5. The third kappa shape index (κ3) is 4.65. The van der Waals surface area contributed by atoms with Gasteiger partial charge in [-0.1, -0.05) is 0 Å². The molecule has 2 aliphatic rings. The first-order chi connectivity index (χ1) is 11.9. The number of fused-ring (bicyclic) bond motifs is 1. The Morgan fingerprint density at radius 2 is 1.44 bits per heavy atom. The van der Waals surface area contributed by atoms with Gasteiger partial charge in [0.25, 0.3) is 0 Å². The third-order valence-corrected chi connectivity index (χ3v) is 5.34. The minimum atomic E-state index is -6.21. The lowest BCUT2D eigenvalue weighted by molar-refractivity contribution is -0.216. The molecule has 0 bridgehead atoms. The molecule has 0 aliphatic carbocycles. The van der Waals surface area contributed by atoms with E-state index in [2.05, 4.69) is 8.37 Å². The number of hydrogen-bond acceptors (Lipinski definition) is 9. The average molecular weight is 454 g/mol. The zero-order valence-electron chi connectivity index (χ0n) is 13.3. The molecule has 4 atom stereocenters. The molecule has 0 aromatic carbocycles. The second kappa shape index (κ2) is 6.67. The molecule has 0 amide bonds. The highest BCUT2D eigenvalue weighted by atomic mass is 32.2. The Bertz CT molecular complexity index is 772. The van der Waals surface area contributed by atoms with Gasteiger partial charge in [0, 0.05) is 0 Å². The zero-order valence-corrected chi connectivity index (χ0v) is 14.9. The molecule has 0 spiro atoms. The van der Waals surface area contributed by atoms with Gasteiger partial charge in [0.15, 0.2) is 12.1 Å². The van der Waals surface area contributed by atoms with Crippen molar-refractivity contribution in [2.75, 3.05) is 6.61 Å². The van der Waals surface area contributed by atoms with Gasteiger partial charge in [-0.25, -0.2) is 0 Å². The molecule has 0 radical (unpaired) electrons. The first-order valence-corrected chi connectivity index (χ1v) is 9.64. The highest BCUT2D eigenvalue weighted by molar-refractivity contribution is 7.87. The lowest BCUT2D eigenvalue weighted by Gasteiger charge is -2.25. The van der Waals surface area contributed by atoms with Crippen molar-refractivity contribution in [3.05, 3.63) is 0 Å².